The first-order chi connectivity index (χ1) is 20.0. The molecule has 0 aliphatic carbocycles. The molecule has 0 spiro atoms. The van der Waals surface area contributed by atoms with E-state index in [4.69, 9.17) is 18.9 Å². The molecule has 1 amide bonds. The number of nitrogens with zero attached hydrogens (tertiary/aromatic N) is 3. The molecule has 2 aromatic carbocycles. The average Bonchev–Trinajstić information content (AvgIpc) is 3.59. The van der Waals surface area contributed by atoms with Gasteiger partial charge in [0.15, 0.2) is 6.73 Å². The van der Waals surface area contributed by atoms with E-state index in [1.165, 1.54) is 13.2 Å². The Morgan fingerprint density at radius 2 is 1.95 bits per heavy atom. The van der Waals surface area contributed by atoms with Crippen LogP contribution >= 0.6 is 0 Å². The normalized spacial score (nSPS) is 12.1. The number of fused-ring (bicyclic) bond motifs is 6. The van der Waals surface area contributed by atoms with Gasteiger partial charge in [-0.3, -0.25) is 4.79 Å². The Morgan fingerprint density at radius 3 is 2.76 bits per heavy atom. The molecule has 1 aliphatic rings. The predicted octanol–water partition coefficient (Wildman–Crippen LogP) is 6.08. The minimum atomic E-state index is -0.297. The number of methoxy groups -OCH3 is 1. The maximum absolute atomic E-state index is 14.6. The van der Waals surface area contributed by atoms with E-state index in [9.17, 15) is 9.18 Å². The first-order valence-electron chi connectivity index (χ1n) is 12.9. The van der Waals surface area contributed by atoms with Gasteiger partial charge in [-0.25, -0.2) is 14.4 Å². The Morgan fingerprint density at radius 1 is 1.07 bits per heavy atom. The van der Waals surface area contributed by atoms with Crippen LogP contribution in [0.2, 0.25) is 0 Å². The molecule has 4 aromatic heterocycles. The van der Waals surface area contributed by atoms with Gasteiger partial charge in [0, 0.05) is 60.0 Å². The number of carbonyl (C=O) groups is 1. The van der Waals surface area contributed by atoms with Crippen LogP contribution in [-0.4, -0.2) is 41.6 Å². The standard InChI is InChI=1S/C31H24FN5O4/c1-33-22-14-26-19(28(31(38)34-2)30(41-26)16-9-10-35-27(11-16)39-3)12-18(22)21-7-8-25-29(36-21)24-13-17-20(32)5-4-6-23(17)37(24)15-40-25/h4-14,33H,15H2,1-3H3,(H,34,38). The van der Waals surface area contributed by atoms with E-state index in [0.29, 0.717) is 56.3 Å². The summed E-state index contributed by atoms with van der Waals surface area (Å²) in [6.07, 6.45) is 1.60. The van der Waals surface area contributed by atoms with Crippen LogP contribution in [0.4, 0.5) is 10.1 Å². The Balaban J connectivity index is 1.43. The third-order valence-corrected chi connectivity index (χ3v) is 7.38. The van der Waals surface area contributed by atoms with Gasteiger partial charge in [-0.15, -0.1) is 0 Å². The summed E-state index contributed by atoms with van der Waals surface area (Å²) >= 11 is 0. The van der Waals surface area contributed by atoms with E-state index in [1.807, 2.05) is 41.9 Å². The Labute approximate surface area is 233 Å². The molecule has 0 radical (unpaired) electrons. The summed E-state index contributed by atoms with van der Waals surface area (Å²) in [4.78, 5) is 22.3. The zero-order chi connectivity index (χ0) is 28.2. The smallest absolute Gasteiger partial charge is 0.255 e. The predicted molar refractivity (Wildman–Crippen MR) is 154 cm³/mol. The maximum atomic E-state index is 14.6. The van der Waals surface area contributed by atoms with Crippen LogP contribution in [-0.2, 0) is 6.73 Å². The summed E-state index contributed by atoms with van der Waals surface area (Å²) in [6.45, 7) is 0.261. The van der Waals surface area contributed by atoms with Crippen molar-refractivity contribution in [3.63, 3.8) is 0 Å². The largest absolute Gasteiger partial charge is 0.481 e. The van der Waals surface area contributed by atoms with Gasteiger partial charge in [0.25, 0.3) is 5.91 Å². The molecule has 0 atom stereocenters. The summed E-state index contributed by atoms with van der Waals surface area (Å²) in [7, 11) is 4.92. The monoisotopic (exact) mass is 549 g/mol. The second-order valence-electron chi connectivity index (χ2n) is 9.56. The number of pyridine rings is 2. The lowest BCUT2D eigenvalue weighted by Crippen LogP contribution is -2.18. The Kier molecular flexibility index (Phi) is 5.63. The minimum absolute atomic E-state index is 0.261. The number of nitrogens with one attached hydrogen (secondary N) is 2. The summed E-state index contributed by atoms with van der Waals surface area (Å²) in [5.74, 6) is 0.822. The van der Waals surface area contributed by atoms with Crippen molar-refractivity contribution in [2.75, 3.05) is 26.5 Å². The van der Waals surface area contributed by atoms with E-state index in [0.717, 1.165) is 22.5 Å². The van der Waals surface area contributed by atoms with Crippen molar-refractivity contribution in [2.45, 2.75) is 6.73 Å². The number of amides is 1. The molecular formula is C31H24FN5O4. The van der Waals surface area contributed by atoms with Gasteiger partial charge in [0.1, 0.15) is 28.6 Å². The van der Waals surface area contributed by atoms with Gasteiger partial charge in [-0.05, 0) is 42.5 Å². The molecule has 204 valence electrons. The van der Waals surface area contributed by atoms with Crippen LogP contribution < -0.4 is 20.1 Å². The highest BCUT2D eigenvalue weighted by Gasteiger charge is 2.26. The van der Waals surface area contributed by atoms with Crippen LogP contribution in [0.15, 0.2) is 71.3 Å². The Bertz CT molecular complexity index is 2010. The number of carbonyl (C=O) groups excluding carboxylic acids is 1. The number of hydrogen-bond acceptors (Lipinski definition) is 7. The van der Waals surface area contributed by atoms with Crippen molar-refractivity contribution in [2.24, 2.45) is 0 Å². The van der Waals surface area contributed by atoms with Crippen LogP contribution in [0.25, 0.3) is 55.8 Å². The lowest BCUT2D eigenvalue weighted by molar-refractivity contribution is 0.0964. The molecule has 9 nitrogen and oxygen atoms in total. The lowest BCUT2D eigenvalue weighted by Gasteiger charge is -2.21. The van der Waals surface area contributed by atoms with Crippen molar-refractivity contribution >= 4 is 33.5 Å². The molecule has 6 aromatic rings. The van der Waals surface area contributed by atoms with E-state index >= 15 is 0 Å². The molecule has 0 fully saturated rings. The minimum Gasteiger partial charge on any atom is -0.481 e. The van der Waals surface area contributed by atoms with Crippen molar-refractivity contribution in [1.29, 1.82) is 0 Å². The number of rotatable bonds is 5. The SMILES string of the molecule is CNC(=O)c1c(-c2ccnc(OC)c2)oc2cc(NC)c(-c3ccc4c(n3)-c3cc5c(F)cccc5n3CO4)cc12. The molecule has 0 saturated carbocycles. The second-order valence-corrected chi connectivity index (χ2v) is 9.56. The van der Waals surface area contributed by atoms with E-state index < -0.39 is 0 Å². The van der Waals surface area contributed by atoms with E-state index in [1.54, 1.807) is 37.5 Å². The number of hydrogen-bond donors (Lipinski definition) is 2. The number of anilines is 1. The van der Waals surface area contributed by atoms with Crippen molar-refractivity contribution in [3.05, 3.63) is 78.2 Å². The molecule has 0 unspecified atom stereocenters. The summed E-state index contributed by atoms with van der Waals surface area (Å²) in [5, 5.41) is 7.09. The number of ether oxygens (including phenoxy) is 2. The van der Waals surface area contributed by atoms with Crippen molar-refractivity contribution in [3.8, 4) is 45.6 Å². The first kappa shape index (κ1) is 24.6. The molecule has 5 heterocycles. The molecule has 0 saturated heterocycles. The number of aromatic nitrogens is 3. The van der Waals surface area contributed by atoms with Crippen LogP contribution in [0.5, 0.6) is 11.6 Å². The van der Waals surface area contributed by atoms with Gasteiger partial charge < -0.3 is 29.1 Å². The van der Waals surface area contributed by atoms with Crippen molar-refractivity contribution < 1.29 is 23.1 Å². The van der Waals surface area contributed by atoms with E-state index in [2.05, 4.69) is 15.6 Å². The van der Waals surface area contributed by atoms with Gasteiger partial charge >= 0.3 is 0 Å². The van der Waals surface area contributed by atoms with Gasteiger partial charge in [-0.1, -0.05) is 6.07 Å². The van der Waals surface area contributed by atoms with Crippen LogP contribution in [0.3, 0.4) is 0 Å². The van der Waals surface area contributed by atoms with Crippen molar-refractivity contribution in [1.82, 2.24) is 19.9 Å². The van der Waals surface area contributed by atoms with Crippen LogP contribution in [0.1, 0.15) is 10.4 Å². The third-order valence-electron chi connectivity index (χ3n) is 7.38. The Hall–Kier alpha value is -5.38. The molecule has 41 heavy (non-hydrogen) atoms. The molecule has 2 N–H and O–H groups in total. The highest BCUT2D eigenvalue weighted by atomic mass is 19.1. The van der Waals surface area contributed by atoms with E-state index in [-0.39, 0.29) is 18.5 Å². The zero-order valence-electron chi connectivity index (χ0n) is 22.4. The average molecular weight is 550 g/mol. The zero-order valence-corrected chi connectivity index (χ0v) is 22.4. The topological polar surface area (TPSA) is 103 Å². The summed E-state index contributed by atoms with van der Waals surface area (Å²) in [6, 6.07) is 17.8. The lowest BCUT2D eigenvalue weighted by atomic mass is 10.0. The molecule has 7 rings (SSSR count). The number of benzene rings is 2. The number of halogens is 1. The molecular weight excluding hydrogens is 525 g/mol. The second kappa shape index (κ2) is 9.37. The molecule has 0 bridgehead atoms. The fourth-order valence-corrected chi connectivity index (χ4v) is 5.39. The first-order valence-corrected chi connectivity index (χ1v) is 12.9. The number of furan rings is 1. The summed E-state index contributed by atoms with van der Waals surface area (Å²) in [5.41, 5.74) is 5.84. The third kappa shape index (κ3) is 3.79. The highest BCUT2D eigenvalue weighted by Crippen LogP contribution is 2.42. The fourth-order valence-electron chi connectivity index (χ4n) is 5.39. The van der Waals surface area contributed by atoms with Gasteiger partial charge in [-0.2, -0.15) is 0 Å². The quantitative estimate of drug-likeness (QED) is 0.269. The summed E-state index contributed by atoms with van der Waals surface area (Å²) < 4.78 is 34.0. The van der Waals surface area contributed by atoms with Crippen LogP contribution in [0, 0.1) is 5.82 Å². The van der Waals surface area contributed by atoms with Gasteiger partial charge in [0.05, 0.1) is 29.6 Å². The molecule has 1 aliphatic heterocycles. The van der Waals surface area contributed by atoms with Gasteiger partial charge in [0.2, 0.25) is 5.88 Å². The maximum Gasteiger partial charge on any atom is 0.255 e. The fraction of sp³-hybridized carbons (Fsp3) is 0.129. The highest BCUT2D eigenvalue weighted by molar-refractivity contribution is 6.12. The molecule has 10 heteroatoms.